The predicted molar refractivity (Wildman–Crippen MR) is 134 cm³/mol. The van der Waals surface area contributed by atoms with Crippen LogP contribution in [0.5, 0.6) is 11.6 Å². The Kier molecular flexibility index (Phi) is 6.33. The highest BCUT2D eigenvalue weighted by atomic mass is 16.5. The molecule has 2 aromatic heterocycles. The Morgan fingerprint density at radius 1 is 0.944 bits per heavy atom. The normalized spacial score (nSPS) is 14.0. The average Bonchev–Trinajstić information content (AvgIpc) is 3.56. The van der Waals surface area contributed by atoms with E-state index in [0.29, 0.717) is 28.2 Å². The van der Waals surface area contributed by atoms with Gasteiger partial charge in [0, 0.05) is 47.1 Å². The smallest absolute Gasteiger partial charge is 0.251 e. The molecule has 0 radical (unpaired) electrons. The van der Waals surface area contributed by atoms with E-state index < -0.39 is 11.5 Å². The van der Waals surface area contributed by atoms with Crippen molar-refractivity contribution in [2.75, 3.05) is 7.05 Å². The lowest BCUT2D eigenvalue weighted by molar-refractivity contribution is 0.0961. The number of hydrogen-bond donors (Lipinski definition) is 3. The maximum absolute atomic E-state index is 13.7. The first kappa shape index (κ1) is 23.4. The second-order valence-electron chi connectivity index (χ2n) is 9.02. The molecule has 1 aliphatic rings. The molecule has 2 heterocycles. The lowest BCUT2D eigenvalue weighted by Gasteiger charge is -2.25. The summed E-state index contributed by atoms with van der Waals surface area (Å²) >= 11 is 0. The summed E-state index contributed by atoms with van der Waals surface area (Å²) in [5.41, 5.74) is 3.63. The minimum Gasteiger partial charge on any atom is -0.503 e. The van der Waals surface area contributed by atoms with E-state index in [0.717, 1.165) is 37.7 Å². The molecule has 1 aliphatic carbocycles. The van der Waals surface area contributed by atoms with Gasteiger partial charge >= 0.3 is 0 Å². The molecule has 184 valence electrons. The van der Waals surface area contributed by atoms with Crippen molar-refractivity contribution in [1.82, 2.24) is 15.0 Å². The molecule has 3 N–H and O–H groups in total. The molecule has 4 aromatic rings. The number of nitrogens with zero attached hydrogens (tertiary/aromatic N) is 2. The molecule has 0 atom stereocenters. The molecule has 8 heteroatoms. The number of amides is 1. The van der Waals surface area contributed by atoms with Crippen molar-refractivity contribution < 1.29 is 24.3 Å². The lowest BCUT2D eigenvalue weighted by atomic mass is 9.84. The number of carbonyl (C=O) groups excluding carboxylic acids is 2. The third kappa shape index (κ3) is 4.15. The molecule has 0 saturated heterocycles. The fourth-order valence-electron chi connectivity index (χ4n) is 5.02. The Hall–Kier alpha value is -4.33. The first-order valence-corrected chi connectivity index (χ1v) is 12.0. The molecule has 0 aliphatic heterocycles. The highest BCUT2D eigenvalue weighted by Crippen LogP contribution is 2.46. The van der Waals surface area contributed by atoms with Gasteiger partial charge in [0.2, 0.25) is 5.88 Å². The van der Waals surface area contributed by atoms with Gasteiger partial charge < -0.3 is 20.1 Å². The fourth-order valence-corrected chi connectivity index (χ4v) is 5.02. The van der Waals surface area contributed by atoms with Crippen molar-refractivity contribution in [3.63, 3.8) is 0 Å². The molecule has 36 heavy (non-hydrogen) atoms. The van der Waals surface area contributed by atoms with Gasteiger partial charge in [-0.15, -0.1) is 0 Å². The number of ketones is 1. The van der Waals surface area contributed by atoms with Gasteiger partial charge in [0.05, 0.1) is 5.56 Å². The number of benzene rings is 2. The summed E-state index contributed by atoms with van der Waals surface area (Å²) in [5, 5.41) is 28.6. The number of aromatic hydroxyl groups is 2. The van der Waals surface area contributed by atoms with Crippen molar-refractivity contribution >= 4 is 11.7 Å². The Balaban J connectivity index is 1.61. The Labute approximate surface area is 208 Å². The van der Waals surface area contributed by atoms with E-state index in [9.17, 15) is 19.8 Å². The third-order valence-electron chi connectivity index (χ3n) is 6.87. The molecule has 1 amide bonds. The first-order chi connectivity index (χ1) is 17.5. The van der Waals surface area contributed by atoms with E-state index in [2.05, 4.69) is 10.5 Å². The van der Waals surface area contributed by atoms with Gasteiger partial charge in [0.15, 0.2) is 11.5 Å². The molecular weight excluding hydrogens is 458 g/mol. The van der Waals surface area contributed by atoms with Crippen LogP contribution in [0.25, 0.3) is 16.9 Å². The summed E-state index contributed by atoms with van der Waals surface area (Å²) < 4.78 is 6.52. The molecule has 1 saturated carbocycles. The van der Waals surface area contributed by atoms with Crippen LogP contribution < -0.4 is 5.32 Å². The van der Waals surface area contributed by atoms with Crippen LogP contribution in [0.15, 0.2) is 65.4 Å². The zero-order valence-corrected chi connectivity index (χ0v) is 19.9. The Bertz CT molecular complexity index is 1380. The first-order valence-electron chi connectivity index (χ1n) is 12.0. The molecule has 1 fully saturated rings. The van der Waals surface area contributed by atoms with Crippen LogP contribution >= 0.6 is 0 Å². The minimum absolute atomic E-state index is 0.00450. The van der Waals surface area contributed by atoms with Gasteiger partial charge in [-0.1, -0.05) is 48.7 Å². The van der Waals surface area contributed by atoms with Crippen LogP contribution in [0.3, 0.4) is 0 Å². The Morgan fingerprint density at radius 3 is 2.22 bits per heavy atom. The lowest BCUT2D eigenvalue weighted by Crippen LogP contribution is -2.18. The fraction of sp³-hybridized carbons (Fsp3) is 0.250. The predicted octanol–water partition coefficient (Wildman–Crippen LogP) is 5.18. The summed E-state index contributed by atoms with van der Waals surface area (Å²) in [6.07, 6.45) is 6.35. The van der Waals surface area contributed by atoms with E-state index in [-0.39, 0.29) is 23.3 Å². The molecule has 0 unspecified atom stereocenters. The van der Waals surface area contributed by atoms with Crippen molar-refractivity contribution in [3.05, 3.63) is 83.2 Å². The van der Waals surface area contributed by atoms with Crippen molar-refractivity contribution in [2.45, 2.75) is 38.0 Å². The minimum atomic E-state index is -0.434. The maximum atomic E-state index is 13.7. The average molecular weight is 486 g/mol. The molecule has 8 nitrogen and oxygen atoms in total. The summed E-state index contributed by atoms with van der Waals surface area (Å²) in [4.78, 5) is 25.6. The summed E-state index contributed by atoms with van der Waals surface area (Å²) in [5.74, 6) is -1.45. The molecule has 0 bridgehead atoms. The standard InChI is InChI=1S/C28H27N3O5/c1-29-27(34)20-9-7-19(8-10-20)25(32)23-24(18-5-3-2-4-6-18)31(28(35)26(23)33)21-13-11-17(12-14-21)22-15-16-36-30-22/h7-16,18,33,35H,2-6H2,1H3,(H,29,34). The maximum Gasteiger partial charge on any atom is 0.251 e. The van der Waals surface area contributed by atoms with Crippen LogP contribution in [0, 0.1) is 0 Å². The highest BCUT2D eigenvalue weighted by molar-refractivity contribution is 6.12. The van der Waals surface area contributed by atoms with Crippen LogP contribution in [0.2, 0.25) is 0 Å². The molecular formula is C28H27N3O5. The van der Waals surface area contributed by atoms with E-state index in [1.165, 1.54) is 6.26 Å². The SMILES string of the molecule is CNC(=O)c1ccc(C(=O)c2c(O)c(O)n(-c3ccc(-c4ccon4)cc3)c2C2CCCCC2)cc1. The number of rotatable bonds is 6. The number of hydrogen-bond acceptors (Lipinski definition) is 6. The summed E-state index contributed by atoms with van der Waals surface area (Å²) in [6.45, 7) is 0. The van der Waals surface area contributed by atoms with Gasteiger partial charge in [-0.2, -0.15) is 0 Å². The van der Waals surface area contributed by atoms with E-state index in [4.69, 9.17) is 4.52 Å². The molecule has 0 spiro atoms. The quantitative estimate of drug-likeness (QED) is 0.324. The third-order valence-corrected chi connectivity index (χ3v) is 6.87. The number of aromatic nitrogens is 2. The molecule has 5 rings (SSSR count). The van der Waals surface area contributed by atoms with E-state index in [1.807, 2.05) is 24.3 Å². The van der Waals surface area contributed by atoms with E-state index in [1.54, 1.807) is 41.9 Å². The number of nitrogens with one attached hydrogen (secondary N) is 1. The van der Waals surface area contributed by atoms with Crippen LogP contribution in [0.4, 0.5) is 0 Å². The summed E-state index contributed by atoms with van der Waals surface area (Å²) in [6, 6.07) is 15.4. The Morgan fingerprint density at radius 2 is 1.61 bits per heavy atom. The topological polar surface area (TPSA) is 118 Å². The van der Waals surface area contributed by atoms with Crippen molar-refractivity contribution in [1.29, 1.82) is 0 Å². The van der Waals surface area contributed by atoms with E-state index >= 15 is 0 Å². The van der Waals surface area contributed by atoms with Crippen LogP contribution in [-0.4, -0.2) is 38.7 Å². The second-order valence-corrected chi connectivity index (χ2v) is 9.02. The van der Waals surface area contributed by atoms with Crippen LogP contribution in [-0.2, 0) is 0 Å². The largest absolute Gasteiger partial charge is 0.503 e. The van der Waals surface area contributed by atoms with Crippen LogP contribution in [0.1, 0.15) is 70.0 Å². The zero-order valence-electron chi connectivity index (χ0n) is 19.9. The van der Waals surface area contributed by atoms with Gasteiger partial charge in [0.25, 0.3) is 5.91 Å². The highest BCUT2D eigenvalue weighted by Gasteiger charge is 2.33. The van der Waals surface area contributed by atoms with Crippen molar-refractivity contribution in [2.24, 2.45) is 0 Å². The summed E-state index contributed by atoms with van der Waals surface area (Å²) in [7, 11) is 1.54. The van der Waals surface area contributed by atoms with Gasteiger partial charge in [-0.05, 0) is 37.1 Å². The molecule has 2 aromatic carbocycles. The monoisotopic (exact) mass is 485 g/mol. The van der Waals surface area contributed by atoms with Gasteiger partial charge in [0.1, 0.15) is 12.0 Å². The van der Waals surface area contributed by atoms with Crippen molar-refractivity contribution in [3.8, 4) is 28.6 Å². The zero-order chi connectivity index (χ0) is 25.2. The van der Waals surface area contributed by atoms with Gasteiger partial charge in [-0.3, -0.25) is 14.2 Å². The van der Waals surface area contributed by atoms with Gasteiger partial charge in [-0.25, -0.2) is 0 Å². The number of carbonyl (C=O) groups is 2. The second kappa shape index (κ2) is 9.73.